The van der Waals surface area contributed by atoms with Gasteiger partial charge in [-0.2, -0.15) is 0 Å². The third-order valence-electron chi connectivity index (χ3n) is 0.656. The summed E-state index contributed by atoms with van der Waals surface area (Å²) in [6.45, 7) is 0. The molecule has 0 spiro atoms. The molecule has 4 atom stereocenters. The molecule has 0 fully saturated rings. The van der Waals surface area contributed by atoms with Gasteiger partial charge in [0.25, 0.3) is 0 Å². The van der Waals surface area contributed by atoms with Crippen LogP contribution < -0.4 is 0 Å². The number of alkyl halides is 6. The molecule has 0 saturated carbocycles. The van der Waals surface area contributed by atoms with Gasteiger partial charge in [-0.1, -0.05) is 23.2 Å². The zero-order chi connectivity index (χ0) is 9.02. The largest absolute Gasteiger partial charge is 0.306 e. The number of hydrogen-bond donors (Lipinski definition) is 0. The van der Waals surface area contributed by atoms with Crippen LogP contribution >= 0.6 is 23.2 Å². The molecular formula is C4H4Cl2F4O. The molecule has 1 nitrogen and oxygen atoms in total. The van der Waals surface area contributed by atoms with Gasteiger partial charge in [0.15, 0.2) is 0 Å². The van der Waals surface area contributed by atoms with Crippen molar-refractivity contribution in [3.05, 3.63) is 0 Å². The first kappa shape index (κ1) is 11.3. The molecule has 7 heteroatoms. The van der Waals surface area contributed by atoms with Crippen molar-refractivity contribution in [1.82, 2.24) is 0 Å². The van der Waals surface area contributed by atoms with Crippen molar-refractivity contribution in [1.29, 1.82) is 0 Å². The highest BCUT2D eigenvalue weighted by molar-refractivity contribution is 6.20. The molecule has 4 unspecified atom stereocenters. The van der Waals surface area contributed by atoms with Gasteiger partial charge in [0.05, 0.1) is 0 Å². The highest BCUT2D eigenvalue weighted by atomic mass is 35.5. The minimum atomic E-state index is -2.72. The van der Waals surface area contributed by atoms with Crippen LogP contribution in [-0.2, 0) is 4.74 Å². The lowest BCUT2D eigenvalue weighted by molar-refractivity contribution is -0.165. The molecule has 0 N–H and O–H groups in total. The minimum Gasteiger partial charge on any atom is -0.306 e. The van der Waals surface area contributed by atoms with Gasteiger partial charge in [-0.15, -0.1) is 0 Å². The summed E-state index contributed by atoms with van der Waals surface area (Å²) in [6.07, 6.45) is -5.44. The second kappa shape index (κ2) is 5.00. The van der Waals surface area contributed by atoms with Gasteiger partial charge in [-0.05, 0) is 0 Å². The Morgan fingerprint density at radius 1 is 0.818 bits per heavy atom. The normalized spacial score (nSPS) is 22.4. The van der Waals surface area contributed by atoms with Crippen molar-refractivity contribution in [2.75, 3.05) is 0 Å². The Labute approximate surface area is 70.2 Å². The predicted molar refractivity (Wildman–Crippen MR) is 32.4 cm³/mol. The third-order valence-corrected chi connectivity index (χ3v) is 1.05. The number of ether oxygens (including phenoxy) is 1. The fourth-order valence-corrected chi connectivity index (χ4v) is 0.362. The molecule has 0 bridgehead atoms. The van der Waals surface area contributed by atoms with E-state index in [4.69, 9.17) is 0 Å². The Bertz CT molecular complexity index is 100. The van der Waals surface area contributed by atoms with E-state index in [2.05, 4.69) is 27.9 Å². The Morgan fingerprint density at radius 3 is 1.27 bits per heavy atom. The fraction of sp³-hybridized carbons (Fsp3) is 1.00. The topological polar surface area (TPSA) is 9.23 Å². The lowest BCUT2D eigenvalue weighted by atomic mass is 10.7. The highest BCUT2D eigenvalue weighted by Crippen LogP contribution is 2.17. The zero-order valence-corrected chi connectivity index (χ0v) is 6.50. The van der Waals surface area contributed by atoms with Crippen molar-refractivity contribution >= 4 is 23.2 Å². The Morgan fingerprint density at radius 2 is 1.09 bits per heavy atom. The van der Waals surface area contributed by atoms with Crippen LogP contribution in [0.1, 0.15) is 0 Å². The number of rotatable bonds is 4. The molecule has 0 heterocycles. The van der Waals surface area contributed by atoms with Crippen molar-refractivity contribution in [2.45, 2.75) is 24.0 Å². The van der Waals surface area contributed by atoms with Crippen molar-refractivity contribution in [3.8, 4) is 0 Å². The molecule has 68 valence electrons. The molecule has 0 amide bonds. The van der Waals surface area contributed by atoms with Crippen molar-refractivity contribution < 1.29 is 22.3 Å². The van der Waals surface area contributed by atoms with Gasteiger partial charge < -0.3 is 4.74 Å². The lowest BCUT2D eigenvalue weighted by Crippen LogP contribution is -2.25. The predicted octanol–water partition coefficient (Wildman–Crippen LogP) is 2.66. The summed E-state index contributed by atoms with van der Waals surface area (Å²) in [6, 6.07) is 0. The summed E-state index contributed by atoms with van der Waals surface area (Å²) in [5.41, 5.74) is -5.08. The average molecular weight is 215 g/mol. The quantitative estimate of drug-likeness (QED) is 0.517. The van der Waals surface area contributed by atoms with Crippen LogP contribution in [0.5, 0.6) is 0 Å². The monoisotopic (exact) mass is 214 g/mol. The van der Waals surface area contributed by atoms with Gasteiger partial charge in [0.2, 0.25) is 24.0 Å². The molecule has 0 aromatic rings. The first-order valence-electron chi connectivity index (χ1n) is 2.45. The smallest absolute Gasteiger partial charge is 0.247 e. The maximum absolute atomic E-state index is 11.9. The molecule has 0 saturated heterocycles. The molecule has 0 aromatic heterocycles. The fourth-order valence-electron chi connectivity index (χ4n) is 0.243. The molecule has 0 rings (SSSR count). The molecular weight excluding hydrogens is 211 g/mol. The van der Waals surface area contributed by atoms with E-state index in [0.29, 0.717) is 0 Å². The maximum Gasteiger partial charge on any atom is 0.247 e. The van der Waals surface area contributed by atoms with E-state index in [1.807, 2.05) is 0 Å². The van der Waals surface area contributed by atoms with Crippen LogP contribution in [0.25, 0.3) is 0 Å². The van der Waals surface area contributed by atoms with Crippen molar-refractivity contribution in [3.63, 3.8) is 0 Å². The summed E-state index contributed by atoms with van der Waals surface area (Å²) < 4.78 is 50.6. The lowest BCUT2D eigenvalue weighted by Gasteiger charge is -2.12. The summed E-state index contributed by atoms with van der Waals surface area (Å²) in [5.74, 6) is 0. The van der Waals surface area contributed by atoms with Gasteiger partial charge >= 0.3 is 0 Å². The minimum absolute atomic E-state index is 2.54. The molecule has 0 aromatic carbocycles. The molecule has 0 aliphatic carbocycles. The van der Waals surface area contributed by atoms with Crippen LogP contribution in [0.4, 0.5) is 17.6 Å². The van der Waals surface area contributed by atoms with Crippen molar-refractivity contribution in [2.24, 2.45) is 0 Å². The summed E-state index contributed by atoms with van der Waals surface area (Å²) >= 11 is 8.96. The zero-order valence-electron chi connectivity index (χ0n) is 4.99. The second-order valence-corrected chi connectivity index (χ2v) is 2.34. The molecule has 0 aliphatic heterocycles. The van der Waals surface area contributed by atoms with Crippen LogP contribution in [0.2, 0.25) is 0 Å². The summed E-state index contributed by atoms with van der Waals surface area (Å²) in [5, 5.41) is 0. The van der Waals surface area contributed by atoms with Gasteiger partial charge in [-0.3, -0.25) is 0 Å². The Hall–Kier alpha value is 0.260. The number of halogens is 6. The van der Waals surface area contributed by atoms with Gasteiger partial charge in [-0.25, -0.2) is 17.6 Å². The van der Waals surface area contributed by atoms with E-state index in [9.17, 15) is 17.6 Å². The maximum atomic E-state index is 11.9. The summed E-state index contributed by atoms with van der Waals surface area (Å²) in [4.78, 5) is 0. The Balaban J connectivity index is 3.66. The van der Waals surface area contributed by atoms with Crippen LogP contribution in [0, 0.1) is 0 Å². The Kier molecular flexibility index (Phi) is 5.12. The highest BCUT2D eigenvalue weighted by Gasteiger charge is 2.27. The van der Waals surface area contributed by atoms with E-state index in [0.717, 1.165) is 0 Å². The van der Waals surface area contributed by atoms with Crippen LogP contribution in [0.15, 0.2) is 0 Å². The van der Waals surface area contributed by atoms with Gasteiger partial charge in [0, 0.05) is 0 Å². The van der Waals surface area contributed by atoms with Crippen LogP contribution in [0.3, 0.4) is 0 Å². The summed E-state index contributed by atoms with van der Waals surface area (Å²) in [7, 11) is 0. The SMILES string of the molecule is FC(Cl)C(F)OC(F)C(F)Cl. The van der Waals surface area contributed by atoms with E-state index >= 15 is 0 Å². The van der Waals surface area contributed by atoms with E-state index in [-0.39, 0.29) is 0 Å². The third kappa shape index (κ3) is 4.66. The second-order valence-electron chi connectivity index (χ2n) is 1.51. The first-order valence-corrected chi connectivity index (χ1v) is 3.32. The van der Waals surface area contributed by atoms with Gasteiger partial charge in [0.1, 0.15) is 0 Å². The average Bonchev–Trinajstić information content (AvgIpc) is 1.87. The van der Waals surface area contributed by atoms with E-state index in [1.54, 1.807) is 0 Å². The first-order chi connectivity index (χ1) is 4.95. The van der Waals surface area contributed by atoms with E-state index in [1.165, 1.54) is 0 Å². The van der Waals surface area contributed by atoms with E-state index < -0.39 is 24.0 Å². The number of hydrogen-bond acceptors (Lipinski definition) is 1. The molecule has 0 radical (unpaired) electrons. The standard InChI is InChI=1S/C4H4Cl2F4O/c5-1(7)3(9)11-4(10)2(6)8/h1-4H. The molecule has 11 heavy (non-hydrogen) atoms. The van der Waals surface area contributed by atoms with Crippen LogP contribution in [-0.4, -0.2) is 24.0 Å². The molecule has 0 aliphatic rings.